The summed E-state index contributed by atoms with van der Waals surface area (Å²) < 4.78 is 35.1. The van der Waals surface area contributed by atoms with Crippen molar-refractivity contribution >= 4 is 39.1 Å². The van der Waals surface area contributed by atoms with Crippen LogP contribution in [0.25, 0.3) is 0 Å². The smallest absolute Gasteiger partial charge is 0.264 e. The first-order chi connectivity index (χ1) is 22.4. The predicted molar refractivity (Wildman–Crippen MR) is 187 cm³/mol. The van der Waals surface area contributed by atoms with Gasteiger partial charge in [0.1, 0.15) is 18.3 Å². The Hall–Kier alpha value is -4.34. The van der Waals surface area contributed by atoms with Crippen molar-refractivity contribution < 1.29 is 22.7 Å². The number of hydrogen-bond donors (Lipinski definition) is 1. The van der Waals surface area contributed by atoms with Crippen molar-refractivity contribution in [1.29, 1.82) is 0 Å². The van der Waals surface area contributed by atoms with Gasteiger partial charge in [0.2, 0.25) is 11.8 Å². The summed E-state index contributed by atoms with van der Waals surface area (Å²) in [6.07, 6.45) is 0.921. The van der Waals surface area contributed by atoms with Gasteiger partial charge in [-0.05, 0) is 80.3 Å². The van der Waals surface area contributed by atoms with Gasteiger partial charge in [-0.15, -0.1) is 0 Å². The number of rotatable bonds is 14. The molecule has 0 aromatic heterocycles. The molecule has 0 spiro atoms. The van der Waals surface area contributed by atoms with Gasteiger partial charge in [-0.2, -0.15) is 0 Å². The van der Waals surface area contributed by atoms with Crippen molar-refractivity contribution in [3.63, 3.8) is 0 Å². The molecule has 2 amide bonds. The summed E-state index contributed by atoms with van der Waals surface area (Å²) in [6.45, 7) is 6.93. The van der Waals surface area contributed by atoms with E-state index in [-0.39, 0.29) is 35.5 Å². The Bertz CT molecular complexity index is 1780. The summed E-state index contributed by atoms with van der Waals surface area (Å²) >= 11 is 6.47. The number of sulfonamides is 1. The highest BCUT2D eigenvalue weighted by atomic mass is 35.5. The zero-order valence-corrected chi connectivity index (χ0v) is 29.0. The van der Waals surface area contributed by atoms with E-state index in [4.69, 9.17) is 16.3 Å². The molecule has 0 fully saturated rings. The largest absolute Gasteiger partial charge is 0.497 e. The molecule has 248 valence electrons. The molecule has 0 heterocycles. The summed E-state index contributed by atoms with van der Waals surface area (Å²) in [7, 11) is -2.69. The van der Waals surface area contributed by atoms with E-state index >= 15 is 0 Å². The normalized spacial score (nSPS) is 12.6. The third-order valence-electron chi connectivity index (χ3n) is 8.15. The molecule has 0 saturated carbocycles. The molecule has 10 heteroatoms. The van der Waals surface area contributed by atoms with E-state index < -0.39 is 28.5 Å². The molecule has 2 atom stereocenters. The number of aryl methyl sites for hydroxylation is 1. The minimum absolute atomic E-state index is 0.0324. The van der Waals surface area contributed by atoms with Crippen LogP contribution in [0.3, 0.4) is 0 Å². The van der Waals surface area contributed by atoms with Crippen LogP contribution >= 0.6 is 11.6 Å². The Morgan fingerprint density at radius 3 is 2.21 bits per heavy atom. The van der Waals surface area contributed by atoms with Gasteiger partial charge in [0.05, 0.1) is 17.7 Å². The lowest BCUT2D eigenvalue weighted by atomic mass is 10.0. The number of hydrogen-bond acceptors (Lipinski definition) is 5. The quantitative estimate of drug-likeness (QED) is 0.160. The average Bonchev–Trinajstić information content (AvgIpc) is 3.07. The number of benzene rings is 4. The third-order valence-corrected chi connectivity index (χ3v) is 10.3. The topological polar surface area (TPSA) is 96.0 Å². The Balaban J connectivity index is 1.85. The zero-order valence-electron chi connectivity index (χ0n) is 27.4. The van der Waals surface area contributed by atoms with Crippen LogP contribution in [0.1, 0.15) is 42.5 Å². The molecule has 0 bridgehead atoms. The Morgan fingerprint density at radius 1 is 0.894 bits per heavy atom. The molecule has 4 aromatic carbocycles. The predicted octanol–water partition coefficient (Wildman–Crippen LogP) is 6.72. The molecular formula is C37H42ClN3O5S. The maximum absolute atomic E-state index is 14.7. The first-order valence-electron chi connectivity index (χ1n) is 15.6. The highest BCUT2D eigenvalue weighted by Crippen LogP contribution is 2.31. The second-order valence-corrected chi connectivity index (χ2v) is 13.9. The Labute approximate surface area is 283 Å². The van der Waals surface area contributed by atoms with Crippen LogP contribution in [-0.2, 0) is 32.6 Å². The summed E-state index contributed by atoms with van der Waals surface area (Å²) in [6, 6.07) is 27.0. The van der Waals surface area contributed by atoms with Gasteiger partial charge in [0.15, 0.2) is 0 Å². The van der Waals surface area contributed by atoms with E-state index in [1.807, 2.05) is 63.2 Å². The molecular weight excluding hydrogens is 634 g/mol. The van der Waals surface area contributed by atoms with Gasteiger partial charge in [-0.1, -0.05) is 84.8 Å². The number of methoxy groups -OCH3 is 1. The monoisotopic (exact) mass is 675 g/mol. The average molecular weight is 676 g/mol. The fourth-order valence-electron chi connectivity index (χ4n) is 5.18. The van der Waals surface area contributed by atoms with E-state index in [1.54, 1.807) is 56.5 Å². The van der Waals surface area contributed by atoms with Crippen LogP contribution in [0.5, 0.6) is 5.75 Å². The molecule has 0 saturated heterocycles. The highest BCUT2D eigenvalue weighted by molar-refractivity contribution is 7.92. The zero-order chi connectivity index (χ0) is 34.1. The van der Waals surface area contributed by atoms with Crippen molar-refractivity contribution in [2.24, 2.45) is 0 Å². The number of nitrogens with one attached hydrogen (secondary N) is 1. The Kier molecular flexibility index (Phi) is 12.1. The van der Waals surface area contributed by atoms with Crippen LogP contribution in [0.2, 0.25) is 5.02 Å². The second kappa shape index (κ2) is 16.0. The number of nitrogens with zero attached hydrogens (tertiary/aromatic N) is 2. The number of halogens is 1. The number of anilines is 1. The Morgan fingerprint density at radius 2 is 1.55 bits per heavy atom. The van der Waals surface area contributed by atoms with Crippen LogP contribution in [0.4, 0.5) is 5.69 Å². The molecule has 8 nitrogen and oxygen atoms in total. The van der Waals surface area contributed by atoms with Crippen LogP contribution in [0, 0.1) is 13.8 Å². The van der Waals surface area contributed by atoms with Crippen molar-refractivity contribution in [1.82, 2.24) is 10.2 Å². The maximum Gasteiger partial charge on any atom is 0.264 e. The van der Waals surface area contributed by atoms with Gasteiger partial charge in [0, 0.05) is 24.0 Å². The molecule has 1 N–H and O–H groups in total. The molecule has 47 heavy (non-hydrogen) atoms. The standard InChI is InChI=1S/C37H42ClN3O5S/c1-6-27(3)39-37(43)35(23-29-12-8-7-9-13-29)40(24-30-14-10-15-31(22-30)46-5)36(42)25-41(34-17-11-16-33(38)28(34)4)47(44,45)32-20-18-26(2)19-21-32/h7-22,27,35H,6,23-25H2,1-5H3,(H,39,43)/t27-,35-/m1/s1. The van der Waals surface area contributed by atoms with E-state index in [1.165, 1.54) is 17.0 Å². The molecule has 4 rings (SSSR count). The van der Waals surface area contributed by atoms with Gasteiger partial charge in [-0.3, -0.25) is 13.9 Å². The summed E-state index contributed by atoms with van der Waals surface area (Å²) in [4.78, 5) is 30.2. The van der Waals surface area contributed by atoms with E-state index in [0.717, 1.165) is 21.0 Å². The summed E-state index contributed by atoms with van der Waals surface area (Å²) in [5.74, 6) is -0.286. The molecule has 0 aliphatic heterocycles. The SMILES string of the molecule is CC[C@@H](C)NC(=O)[C@@H](Cc1ccccc1)N(Cc1cccc(OC)c1)C(=O)CN(c1cccc(Cl)c1C)S(=O)(=O)c1ccc(C)cc1. The van der Waals surface area contributed by atoms with Gasteiger partial charge < -0.3 is 15.0 Å². The fraction of sp³-hybridized carbons (Fsp3) is 0.297. The first kappa shape index (κ1) is 35.5. The third kappa shape index (κ3) is 8.93. The van der Waals surface area contributed by atoms with Crippen LogP contribution in [-0.4, -0.2) is 50.9 Å². The van der Waals surface area contributed by atoms with Gasteiger partial charge in [-0.25, -0.2) is 8.42 Å². The summed E-state index contributed by atoms with van der Waals surface area (Å²) in [5, 5.41) is 3.41. The van der Waals surface area contributed by atoms with Crippen LogP contribution in [0.15, 0.2) is 102 Å². The minimum atomic E-state index is -4.24. The van der Waals surface area contributed by atoms with Crippen LogP contribution < -0.4 is 14.4 Å². The second-order valence-electron chi connectivity index (χ2n) is 11.6. The molecule has 4 aromatic rings. The van der Waals surface area contributed by atoms with Gasteiger partial charge >= 0.3 is 0 Å². The number of carbonyl (C=O) groups is 2. The van der Waals surface area contributed by atoms with Crippen molar-refractivity contribution in [2.45, 2.75) is 64.1 Å². The molecule has 0 aliphatic carbocycles. The lowest BCUT2D eigenvalue weighted by Gasteiger charge is -2.34. The van der Waals surface area contributed by atoms with E-state index in [0.29, 0.717) is 22.8 Å². The lowest BCUT2D eigenvalue weighted by Crippen LogP contribution is -2.54. The summed E-state index contributed by atoms with van der Waals surface area (Å²) in [5.41, 5.74) is 3.25. The van der Waals surface area contributed by atoms with Crippen molar-refractivity contribution in [3.8, 4) is 5.75 Å². The minimum Gasteiger partial charge on any atom is -0.497 e. The maximum atomic E-state index is 14.7. The number of amides is 2. The molecule has 0 radical (unpaired) electrons. The first-order valence-corrected chi connectivity index (χ1v) is 17.4. The highest BCUT2D eigenvalue weighted by Gasteiger charge is 2.35. The van der Waals surface area contributed by atoms with E-state index in [2.05, 4.69) is 5.32 Å². The van der Waals surface area contributed by atoms with E-state index in [9.17, 15) is 18.0 Å². The number of carbonyl (C=O) groups excluding carboxylic acids is 2. The van der Waals surface area contributed by atoms with Crippen molar-refractivity contribution in [2.75, 3.05) is 18.0 Å². The van der Waals surface area contributed by atoms with Gasteiger partial charge in [0.25, 0.3) is 10.0 Å². The molecule has 0 aliphatic rings. The van der Waals surface area contributed by atoms with Crippen molar-refractivity contribution in [3.05, 3.63) is 124 Å². The molecule has 0 unspecified atom stereocenters. The number of ether oxygens (including phenoxy) is 1. The fourth-order valence-corrected chi connectivity index (χ4v) is 6.82. The lowest BCUT2D eigenvalue weighted by molar-refractivity contribution is -0.140.